The van der Waals surface area contributed by atoms with Gasteiger partial charge in [0.25, 0.3) is 0 Å². The Morgan fingerprint density at radius 2 is 2.21 bits per heavy atom. The number of ether oxygens (including phenoxy) is 1. The van der Waals surface area contributed by atoms with Crippen molar-refractivity contribution < 1.29 is 18.7 Å². The number of carbonyl (C=O) groups excluding carboxylic acids is 2. The van der Waals surface area contributed by atoms with E-state index in [4.69, 9.17) is 0 Å². The van der Waals surface area contributed by atoms with Crippen molar-refractivity contribution in [3.05, 3.63) is 29.8 Å². The van der Waals surface area contributed by atoms with Gasteiger partial charge in [-0.15, -0.1) is 0 Å². The zero-order valence-electron chi connectivity index (χ0n) is 13.9. The van der Waals surface area contributed by atoms with E-state index in [1.807, 2.05) is 6.92 Å². The Morgan fingerprint density at radius 3 is 2.88 bits per heavy atom. The fraction of sp³-hybridized carbons (Fsp3) is 0.438. The number of hydrogen-bond donors (Lipinski definition) is 2. The van der Waals surface area contributed by atoms with Crippen LogP contribution in [0.15, 0.2) is 18.2 Å². The van der Waals surface area contributed by atoms with Crippen LogP contribution in [0.1, 0.15) is 19.7 Å². The fourth-order valence-corrected chi connectivity index (χ4v) is 2.39. The summed E-state index contributed by atoms with van der Waals surface area (Å²) in [5.41, 5.74) is 1.31. The van der Waals surface area contributed by atoms with E-state index in [1.165, 1.54) is 19.2 Å². The van der Waals surface area contributed by atoms with Gasteiger partial charge in [-0.05, 0) is 32.0 Å². The normalized spacial score (nSPS) is 12.0. The topological polar surface area (TPSA) is 87.3 Å². The minimum absolute atomic E-state index is 0.204. The smallest absolute Gasteiger partial charge is 0.407 e. The number of imidazole rings is 1. The van der Waals surface area contributed by atoms with E-state index in [0.717, 1.165) is 0 Å². The number of nitrogens with one attached hydrogen (secondary N) is 2. The molecule has 2 aromatic rings. The van der Waals surface area contributed by atoms with Crippen molar-refractivity contribution in [3.8, 4) is 0 Å². The first-order valence-electron chi connectivity index (χ1n) is 7.72. The van der Waals surface area contributed by atoms with Crippen LogP contribution in [0, 0.1) is 5.82 Å². The van der Waals surface area contributed by atoms with Crippen LogP contribution in [0.25, 0.3) is 11.0 Å². The number of hydrogen-bond acceptors (Lipinski definition) is 4. The molecule has 0 aliphatic rings. The third kappa shape index (κ3) is 4.21. The summed E-state index contributed by atoms with van der Waals surface area (Å²) in [4.78, 5) is 32.6. The van der Waals surface area contributed by atoms with Crippen LogP contribution in [0.5, 0.6) is 0 Å². The maximum atomic E-state index is 13.2. The zero-order valence-corrected chi connectivity index (χ0v) is 13.9. The van der Waals surface area contributed by atoms with Gasteiger partial charge in [0.05, 0.1) is 18.1 Å². The Hall–Kier alpha value is -2.64. The lowest BCUT2D eigenvalue weighted by Crippen LogP contribution is -2.47. The molecule has 0 saturated heterocycles. The number of fused-ring (bicyclic) bond motifs is 1. The second kappa shape index (κ2) is 7.76. The predicted octanol–water partition coefficient (Wildman–Crippen LogP) is 1.84. The minimum atomic E-state index is -0.679. The number of carbonyl (C=O) groups is 2. The standard InChI is InChI=1S/C16H21FN4O3/c1-4-21(15(22)10(2)18-16(23)24-3)8-7-14-19-12-6-5-11(17)9-13(12)20-14/h5-6,9-10H,4,7-8H2,1-3H3,(H,18,23)(H,19,20). The molecule has 2 rings (SSSR count). The lowest BCUT2D eigenvalue weighted by molar-refractivity contribution is -0.132. The number of aromatic nitrogens is 2. The zero-order chi connectivity index (χ0) is 17.7. The van der Waals surface area contributed by atoms with Gasteiger partial charge in [-0.25, -0.2) is 14.2 Å². The summed E-state index contributed by atoms with van der Waals surface area (Å²) in [6.07, 6.45) is -0.146. The molecule has 1 aromatic heterocycles. The number of H-pyrrole nitrogens is 1. The Morgan fingerprint density at radius 1 is 1.46 bits per heavy atom. The molecule has 2 N–H and O–H groups in total. The molecule has 0 bridgehead atoms. The van der Waals surface area contributed by atoms with Gasteiger partial charge in [0.2, 0.25) is 5.91 Å². The number of alkyl carbamates (subject to hydrolysis) is 1. The van der Waals surface area contributed by atoms with Crippen molar-refractivity contribution in [1.29, 1.82) is 0 Å². The van der Waals surface area contributed by atoms with E-state index >= 15 is 0 Å². The van der Waals surface area contributed by atoms with Crippen molar-refractivity contribution in [1.82, 2.24) is 20.2 Å². The lowest BCUT2D eigenvalue weighted by atomic mass is 10.2. The Kier molecular flexibility index (Phi) is 5.73. The van der Waals surface area contributed by atoms with E-state index in [-0.39, 0.29) is 11.7 Å². The molecule has 8 heteroatoms. The molecule has 0 saturated carbocycles. The SMILES string of the molecule is CCN(CCc1nc2ccc(F)cc2[nH]1)C(=O)C(C)NC(=O)OC. The molecule has 0 spiro atoms. The number of likely N-dealkylation sites (N-methyl/N-ethyl adjacent to an activating group) is 1. The fourth-order valence-electron chi connectivity index (χ4n) is 2.39. The van der Waals surface area contributed by atoms with Crippen LogP contribution >= 0.6 is 0 Å². The molecule has 1 unspecified atom stereocenters. The first-order chi connectivity index (χ1) is 11.4. The van der Waals surface area contributed by atoms with Crippen molar-refractivity contribution in [2.45, 2.75) is 26.3 Å². The number of halogens is 1. The van der Waals surface area contributed by atoms with Gasteiger partial charge in [0, 0.05) is 19.5 Å². The molecule has 130 valence electrons. The number of methoxy groups -OCH3 is 1. The molecule has 2 amide bonds. The monoisotopic (exact) mass is 336 g/mol. The maximum Gasteiger partial charge on any atom is 0.407 e. The summed E-state index contributed by atoms with van der Waals surface area (Å²) in [6, 6.07) is 3.67. The third-order valence-corrected chi connectivity index (χ3v) is 3.70. The Labute approximate surface area is 139 Å². The van der Waals surface area contributed by atoms with Crippen LogP contribution in [0.3, 0.4) is 0 Å². The largest absolute Gasteiger partial charge is 0.453 e. The summed E-state index contributed by atoms with van der Waals surface area (Å²) >= 11 is 0. The summed E-state index contributed by atoms with van der Waals surface area (Å²) in [5, 5.41) is 2.45. The molecular formula is C16H21FN4O3. The average Bonchev–Trinajstić information content (AvgIpc) is 2.96. The first-order valence-corrected chi connectivity index (χ1v) is 7.72. The molecule has 1 aromatic carbocycles. The number of benzene rings is 1. The molecule has 1 atom stereocenters. The second-order valence-electron chi connectivity index (χ2n) is 5.37. The first kappa shape index (κ1) is 17.7. The maximum absolute atomic E-state index is 13.2. The Balaban J connectivity index is 1.98. The van der Waals surface area contributed by atoms with E-state index in [9.17, 15) is 14.0 Å². The van der Waals surface area contributed by atoms with Crippen LogP contribution in [0.2, 0.25) is 0 Å². The molecule has 0 aliphatic heterocycles. The van der Waals surface area contributed by atoms with Crippen molar-refractivity contribution in [2.24, 2.45) is 0 Å². The van der Waals surface area contributed by atoms with Crippen LogP contribution in [0.4, 0.5) is 9.18 Å². The van der Waals surface area contributed by atoms with Crippen LogP contribution in [-0.2, 0) is 16.0 Å². The number of nitrogens with zero attached hydrogens (tertiary/aromatic N) is 2. The van der Waals surface area contributed by atoms with E-state index in [2.05, 4.69) is 20.0 Å². The van der Waals surface area contributed by atoms with Gasteiger partial charge >= 0.3 is 6.09 Å². The predicted molar refractivity (Wildman–Crippen MR) is 87.0 cm³/mol. The Bertz CT molecular complexity index is 731. The highest BCUT2D eigenvalue weighted by Gasteiger charge is 2.21. The van der Waals surface area contributed by atoms with Gasteiger partial charge in [-0.3, -0.25) is 4.79 Å². The molecule has 0 aliphatic carbocycles. The number of aromatic amines is 1. The van der Waals surface area contributed by atoms with Crippen LogP contribution in [-0.4, -0.2) is 53.1 Å². The number of rotatable bonds is 6. The highest BCUT2D eigenvalue weighted by atomic mass is 19.1. The minimum Gasteiger partial charge on any atom is -0.453 e. The van der Waals surface area contributed by atoms with E-state index < -0.39 is 12.1 Å². The number of amides is 2. The van der Waals surface area contributed by atoms with Crippen molar-refractivity contribution in [2.75, 3.05) is 20.2 Å². The molecule has 0 fully saturated rings. The van der Waals surface area contributed by atoms with Gasteiger partial charge in [0.15, 0.2) is 0 Å². The molecule has 24 heavy (non-hydrogen) atoms. The highest BCUT2D eigenvalue weighted by Crippen LogP contribution is 2.13. The summed E-state index contributed by atoms with van der Waals surface area (Å²) in [5.74, 6) is 0.145. The van der Waals surface area contributed by atoms with Crippen LogP contribution < -0.4 is 5.32 Å². The van der Waals surface area contributed by atoms with Crippen molar-refractivity contribution >= 4 is 23.0 Å². The van der Waals surface area contributed by atoms with E-state index in [0.29, 0.717) is 36.4 Å². The van der Waals surface area contributed by atoms with Gasteiger partial charge < -0.3 is 19.9 Å². The van der Waals surface area contributed by atoms with Gasteiger partial charge in [-0.2, -0.15) is 0 Å². The van der Waals surface area contributed by atoms with Crippen molar-refractivity contribution in [3.63, 3.8) is 0 Å². The second-order valence-corrected chi connectivity index (χ2v) is 5.37. The molecule has 0 radical (unpaired) electrons. The molecular weight excluding hydrogens is 315 g/mol. The van der Waals surface area contributed by atoms with E-state index in [1.54, 1.807) is 17.9 Å². The quantitative estimate of drug-likeness (QED) is 0.842. The lowest BCUT2D eigenvalue weighted by Gasteiger charge is -2.24. The summed E-state index contributed by atoms with van der Waals surface area (Å²) in [6.45, 7) is 4.40. The van der Waals surface area contributed by atoms with Gasteiger partial charge in [0.1, 0.15) is 17.7 Å². The summed E-state index contributed by atoms with van der Waals surface area (Å²) < 4.78 is 17.7. The molecule has 1 heterocycles. The third-order valence-electron chi connectivity index (χ3n) is 3.70. The average molecular weight is 336 g/mol. The highest BCUT2D eigenvalue weighted by molar-refractivity contribution is 5.85. The molecule has 7 nitrogen and oxygen atoms in total. The summed E-state index contributed by atoms with van der Waals surface area (Å²) in [7, 11) is 1.24. The van der Waals surface area contributed by atoms with Gasteiger partial charge in [-0.1, -0.05) is 0 Å².